The average molecular weight is 397 g/mol. The molecule has 3 rings (SSSR count). The van der Waals surface area contributed by atoms with Crippen LogP contribution in [0.4, 0.5) is 0 Å². The zero-order chi connectivity index (χ0) is 18.9. The molecule has 0 bridgehead atoms. The van der Waals surface area contributed by atoms with Crippen LogP contribution in [0.25, 0.3) is 0 Å². The number of fused-ring (bicyclic) bond motifs is 1. The van der Waals surface area contributed by atoms with Crippen molar-refractivity contribution in [3.8, 4) is 0 Å². The highest BCUT2D eigenvalue weighted by Gasteiger charge is 2.68. The fraction of sp³-hybridized carbons (Fsp3) is 0.611. The summed E-state index contributed by atoms with van der Waals surface area (Å²) in [5.74, 6) is -1.46. The smallest absolute Gasteiger partial charge is 0.327 e. The number of carbonyl (C=O) groups is 3. The van der Waals surface area contributed by atoms with Crippen LogP contribution >= 0.6 is 23.1 Å². The predicted molar refractivity (Wildman–Crippen MR) is 102 cm³/mol. The topological polar surface area (TPSA) is 75.7 Å². The lowest BCUT2D eigenvalue weighted by Gasteiger charge is -2.32. The zero-order valence-corrected chi connectivity index (χ0v) is 16.8. The minimum atomic E-state index is -1.16. The fourth-order valence-electron chi connectivity index (χ4n) is 4.13. The number of thioether (sulfide) groups is 1. The maximum absolute atomic E-state index is 13.1. The second-order valence-electron chi connectivity index (χ2n) is 6.50. The highest BCUT2D eigenvalue weighted by molar-refractivity contribution is 7.98. The van der Waals surface area contributed by atoms with Crippen molar-refractivity contribution in [2.24, 2.45) is 11.8 Å². The zero-order valence-electron chi connectivity index (χ0n) is 15.2. The van der Waals surface area contributed by atoms with Gasteiger partial charge in [-0.3, -0.25) is 24.6 Å². The van der Waals surface area contributed by atoms with E-state index in [-0.39, 0.29) is 24.5 Å². The van der Waals surface area contributed by atoms with Crippen LogP contribution in [0, 0.1) is 11.8 Å². The van der Waals surface area contributed by atoms with E-state index in [0.29, 0.717) is 18.7 Å². The Labute approximate surface area is 161 Å². The van der Waals surface area contributed by atoms with E-state index in [1.165, 1.54) is 16.2 Å². The van der Waals surface area contributed by atoms with E-state index in [4.69, 9.17) is 4.74 Å². The van der Waals surface area contributed by atoms with Gasteiger partial charge in [-0.1, -0.05) is 6.07 Å². The number of likely N-dealkylation sites (tertiary alicyclic amines) is 1. The van der Waals surface area contributed by atoms with Gasteiger partial charge in [-0.05, 0) is 43.7 Å². The van der Waals surface area contributed by atoms with Gasteiger partial charge >= 0.3 is 5.97 Å². The van der Waals surface area contributed by atoms with Gasteiger partial charge in [0.05, 0.1) is 24.5 Å². The Kier molecular flexibility index (Phi) is 5.74. The molecule has 0 radical (unpaired) electrons. The molecule has 1 aromatic heterocycles. The SMILES string of the molecule is CCOC(=O)C1(CCSC)NC(c2cccs2)C2C(=O)N(CC)C(=O)C21. The van der Waals surface area contributed by atoms with Crippen molar-refractivity contribution < 1.29 is 19.1 Å². The van der Waals surface area contributed by atoms with Crippen LogP contribution in [0.1, 0.15) is 31.2 Å². The normalized spacial score (nSPS) is 30.7. The molecular weight excluding hydrogens is 372 g/mol. The van der Waals surface area contributed by atoms with Crippen molar-refractivity contribution >= 4 is 40.9 Å². The van der Waals surface area contributed by atoms with Crippen molar-refractivity contribution in [1.29, 1.82) is 0 Å². The number of hydrogen-bond donors (Lipinski definition) is 1. The molecule has 0 saturated carbocycles. The summed E-state index contributed by atoms with van der Waals surface area (Å²) in [6.07, 6.45) is 2.41. The third-order valence-electron chi connectivity index (χ3n) is 5.25. The number of amides is 2. The Balaban J connectivity index is 2.10. The molecule has 2 fully saturated rings. The van der Waals surface area contributed by atoms with Gasteiger partial charge < -0.3 is 4.74 Å². The Morgan fingerprint density at radius 2 is 2.15 bits per heavy atom. The molecule has 26 heavy (non-hydrogen) atoms. The van der Waals surface area contributed by atoms with Crippen LogP contribution in [0.3, 0.4) is 0 Å². The molecule has 2 saturated heterocycles. The van der Waals surface area contributed by atoms with Gasteiger partial charge in [0, 0.05) is 11.4 Å². The Bertz CT molecular complexity index is 693. The largest absolute Gasteiger partial charge is 0.465 e. The van der Waals surface area contributed by atoms with Crippen molar-refractivity contribution in [2.45, 2.75) is 31.8 Å². The van der Waals surface area contributed by atoms with Crippen molar-refractivity contribution in [1.82, 2.24) is 10.2 Å². The number of esters is 1. The van der Waals surface area contributed by atoms with Gasteiger partial charge in [-0.15, -0.1) is 11.3 Å². The lowest BCUT2D eigenvalue weighted by atomic mass is 9.78. The molecule has 1 N–H and O–H groups in total. The van der Waals surface area contributed by atoms with E-state index < -0.39 is 23.3 Å². The molecule has 8 heteroatoms. The molecule has 0 aliphatic carbocycles. The maximum atomic E-state index is 13.1. The van der Waals surface area contributed by atoms with Crippen LogP contribution in [0.5, 0.6) is 0 Å². The van der Waals surface area contributed by atoms with Crippen LogP contribution in [-0.4, -0.2) is 53.4 Å². The molecule has 3 heterocycles. The molecule has 4 atom stereocenters. The van der Waals surface area contributed by atoms with E-state index in [0.717, 1.165) is 4.88 Å². The summed E-state index contributed by atoms with van der Waals surface area (Å²) in [6, 6.07) is 3.52. The summed E-state index contributed by atoms with van der Waals surface area (Å²) in [5.41, 5.74) is -1.16. The monoisotopic (exact) mass is 396 g/mol. The number of ether oxygens (including phenoxy) is 1. The molecule has 0 aromatic carbocycles. The first kappa shape index (κ1) is 19.4. The number of imide groups is 1. The minimum Gasteiger partial charge on any atom is -0.465 e. The first-order valence-electron chi connectivity index (χ1n) is 8.84. The lowest BCUT2D eigenvalue weighted by molar-refractivity contribution is -0.156. The second kappa shape index (κ2) is 7.70. The number of thiophene rings is 1. The summed E-state index contributed by atoms with van der Waals surface area (Å²) >= 11 is 3.14. The predicted octanol–water partition coefficient (Wildman–Crippen LogP) is 2.07. The Morgan fingerprint density at radius 1 is 1.38 bits per heavy atom. The van der Waals surface area contributed by atoms with E-state index in [2.05, 4.69) is 5.32 Å². The molecular formula is C18H24N2O4S2. The van der Waals surface area contributed by atoms with Gasteiger partial charge in [-0.2, -0.15) is 11.8 Å². The molecule has 2 aliphatic heterocycles. The van der Waals surface area contributed by atoms with Gasteiger partial charge in [-0.25, -0.2) is 0 Å². The average Bonchev–Trinajstić information content (AvgIpc) is 3.31. The van der Waals surface area contributed by atoms with E-state index in [1.54, 1.807) is 25.6 Å². The van der Waals surface area contributed by atoms with E-state index in [1.807, 2.05) is 23.8 Å². The van der Waals surface area contributed by atoms with Crippen molar-refractivity contribution in [3.05, 3.63) is 22.4 Å². The highest BCUT2D eigenvalue weighted by atomic mass is 32.2. The van der Waals surface area contributed by atoms with Crippen molar-refractivity contribution in [3.63, 3.8) is 0 Å². The summed E-state index contributed by atoms with van der Waals surface area (Å²) in [5, 5.41) is 5.33. The van der Waals surface area contributed by atoms with Gasteiger partial charge in [0.25, 0.3) is 0 Å². The number of hydrogen-bond acceptors (Lipinski definition) is 7. The van der Waals surface area contributed by atoms with Crippen LogP contribution in [0.15, 0.2) is 17.5 Å². The van der Waals surface area contributed by atoms with E-state index in [9.17, 15) is 14.4 Å². The molecule has 1 aromatic rings. The summed E-state index contributed by atoms with van der Waals surface area (Å²) < 4.78 is 5.36. The Hall–Kier alpha value is -1.38. The summed E-state index contributed by atoms with van der Waals surface area (Å²) in [7, 11) is 0. The van der Waals surface area contributed by atoms with Crippen LogP contribution in [-0.2, 0) is 19.1 Å². The standard InChI is InChI=1S/C18H24N2O4S2/c1-4-20-15(21)12-13(16(20)22)18(8-10-25-3,17(23)24-5-2)19-14(12)11-7-6-9-26-11/h6-7,9,12-14,19H,4-5,8,10H2,1-3H3. The molecule has 2 aliphatic rings. The third-order valence-corrected chi connectivity index (χ3v) is 6.82. The summed E-state index contributed by atoms with van der Waals surface area (Å²) in [6.45, 7) is 4.10. The number of nitrogens with zero attached hydrogens (tertiary/aromatic N) is 1. The number of carbonyl (C=O) groups excluding carboxylic acids is 3. The van der Waals surface area contributed by atoms with Gasteiger partial charge in [0.1, 0.15) is 5.54 Å². The van der Waals surface area contributed by atoms with Gasteiger partial charge in [0.15, 0.2) is 0 Å². The number of rotatable bonds is 7. The fourth-order valence-corrected chi connectivity index (χ4v) is 5.48. The quantitative estimate of drug-likeness (QED) is 0.562. The Morgan fingerprint density at radius 3 is 2.73 bits per heavy atom. The molecule has 2 amide bonds. The lowest BCUT2D eigenvalue weighted by Crippen LogP contribution is -2.56. The highest BCUT2D eigenvalue weighted by Crippen LogP contribution is 2.51. The summed E-state index contributed by atoms with van der Waals surface area (Å²) in [4.78, 5) is 41.3. The molecule has 142 valence electrons. The van der Waals surface area contributed by atoms with Crippen molar-refractivity contribution in [2.75, 3.05) is 25.2 Å². The third kappa shape index (κ3) is 2.88. The van der Waals surface area contributed by atoms with Crippen LogP contribution in [0.2, 0.25) is 0 Å². The molecule has 0 spiro atoms. The van der Waals surface area contributed by atoms with E-state index >= 15 is 0 Å². The first-order valence-corrected chi connectivity index (χ1v) is 11.1. The second-order valence-corrected chi connectivity index (χ2v) is 8.46. The number of nitrogens with one attached hydrogen (secondary N) is 1. The molecule has 4 unspecified atom stereocenters. The van der Waals surface area contributed by atoms with Gasteiger partial charge in [0.2, 0.25) is 11.8 Å². The van der Waals surface area contributed by atoms with Crippen LogP contribution < -0.4 is 5.32 Å². The molecule has 6 nitrogen and oxygen atoms in total. The maximum Gasteiger partial charge on any atom is 0.327 e. The first-order chi connectivity index (χ1) is 12.5. The minimum absolute atomic E-state index is 0.191.